The Labute approximate surface area is 118 Å². The van der Waals surface area contributed by atoms with Gasteiger partial charge in [0.25, 0.3) is 0 Å². The number of anilines is 1. The van der Waals surface area contributed by atoms with Crippen LogP contribution in [-0.4, -0.2) is 24.8 Å². The van der Waals surface area contributed by atoms with Crippen LogP contribution in [0.4, 0.5) is 18.9 Å². The molecule has 0 radical (unpaired) electrons. The van der Waals surface area contributed by atoms with Crippen LogP contribution in [0.15, 0.2) is 24.3 Å². The molecule has 0 heterocycles. The minimum atomic E-state index is -4.17. The van der Waals surface area contributed by atoms with Gasteiger partial charge >= 0.3 is 6.18 Å². The van der Waals surface area contributed by atoms with E-state index in [9.17, 15) is 13.2 Å². The van der Waals surface area contributed by atoms with E-state index in [0.717, 1.165) is 18.4 Å². The first-order valence-electron chi connectivity index (χ1n) is 7.01. The van der Waals surface area contributed by atoms with Gasteiger partial charge in [0.2, 0.25) is 0 Å². The van der Waals surface area contributed by atoms with E-state index in [1.807, 2.05) is 26.0 Å². The number of benzene rings is 1. The number of rotatable bonds is 6. The summed E-state index contributed by atoms with van der Waals surface area (Å²) in [4.78, 5) is 1.51. The summed E-state index contributed by atoms with van der Waals surface area (Å²) in [6.07, 6.45) is -2.47. The van der Waals surface area contributed by atoms with Crippen LogP contribution in [0.3, 0.4) is 0 Å². The third-order valence-electron chi connectivity index (χ3n) is 3.34. The summed E-state index contributed by atoms with van der Waals surface area (Å²) in [6.45, 7) is 3.78. The van der Waals surface area contributed by atoms with E-state index in [1.165, 1.54) is 4.90 Å². The van der Waals surface area contributed by atoms with Gasteiger partial charge in [-0.25, -0.2) is 0 Å². The van der Waals surface area contributed by atoms with E-state index in [0.29, 0.717) is 18.3 Å². The molecule has 1 aliphatic carbocycles. The van der Waals surface area contributed by atoms with Gasteiger partial charge in [0.1, 0.15) is 6.54 Å². The molecule has 20 heavy (non-hydrogen) atoms. The van der Waals surface area contributed by atoms with Crippen LogP contribution in [0.25, 0.3) is 0 Å². The minimum absolute atomic E-state index is 0.0387. The molecule has 1 aromatic rings. The number of alkyl halides is 3. The normalized spacial score (nSPS) is 15.7. The zero-order chi connectivity index (χ0) is 14.8. The largest absolute Gasteiger partial charge is 0.405 e. The molecule has 1 aliphatic rings. The quantitative estimate of drug-likeness (QED) is 0.857. The average molecular weight is 286 g/mol. The van der Waals surface area contributed by atoms with Crippen molar-refractivity contribution in [2.75, 3.05) is 11.4 Å². The molecule has 0 atom stereocenters. The van der Waals surface area contributed by atoms with Gasteiger partial charge < -0.3 is 10.2 Å². The molecule has 0 amide bonds. The number of hydrogen-bond donors (Lipinski definition) is 1. The summed E-state index contributed by atoms with van der Waals surface area (Å²) < 4.78 is 38.3. The van der Waals surface area contributed by atoms with Crippen molar-refractivity contribution in [3.63, 3.8) is 0 Å². The third kappa shape index (κ3) is 4.40. The van der Waals surface area contributed by atoms with E-state index in [1.54, 1.807) is 12.1 Å². The smallest absolute Gasteiger partial charge is 0.359 e. The number of para-hydroxylation sites is 1. The summed E-state index contributed by atoms with van der Waals surface area (Å²) in [5.41, 5.74) is 1.64. The lowest BCUT2D eigenvalue weighted by atomic mass is 10.1. The van der Waals surface area contributed by atoms with Gasteiger partial charge in [-0.15, -0.1) is 0 Å². The highest BCUT2D eigenvalue weighted by molar-refractivity contribution is 5.55. The molecule has 5 heteroatoms. The third-order valence-corrected chi connectivity index (χ3v) is 3.34. The lowest BCUT2D eigenvalue weighted by molar-refractivity contribution is -0.120. The average Bonchev–Trinajstić information content (AvgIpc) is 3.17. The highest BCUT2D eigenvalue weighted by Gasteiger charge is 2.38. The van der Waals surface area contributed by atoms with Crippen molar-refractivity contribution < 1.29 is 13.2 Å². The SMILES string of the molecule is CC(C)NCc1ccccc1N(CC(F)(F)F)C1CC1. The van der Waals surface area contributed by atoms with E-state index < -0.39 is 12.7 Å². The second-order valence-electron chi connectivity index (χ2n) is 5.64. The summed E-state index contributed by atoms with van der Waals surface area (Å²) >= 11 is 0. The van der Waals surface area contributed by atoms with Gasteiger partial charge in [0, 0.05) is 24.3 Å². The first-order chi connectivity index (χ1) is 9.37. The Hall–Kier alpha value is -1.23. The Kier molecular flexibility index (Phi) is 4.58. The molecule has 0 spiro atoms. The maximum Gasteiger partial charge on any atom is 0.405 e. The summed E-state index contributed by atoms with van der Waals surface area (Å²) in [7, 11) is 0. The number of halogens is 3. The van der Waals surface area contributed by atoms with Crippen molar-refractivity contribution in [1.29, 1.82) is 0 Å². The van der Waals surface area contributed by atoms with Gasteiger partial charge in [-0.05, 0) is 24.5 Å². The zero-order valence-corrected chi connectivity index (χ0v) is 11.9. The van der Waals surface area contributed by atoms with Crippen molar-refractivity contribution in [2.45, 2.75) is 51.5 Å². The Bertz CT molecular complexity index is 439. The van der Waals surface area contributed by atoms with Gasteiger partial charge in [-0.3, -0.25) is 0 Å². The first-order valence-corrected chi connectivity index (χ1v) is 7.01. The second-order valence-corrected chi connectivity index (χ2v) is 5.64. The molecule has 2 nitrogen and oxygen atoms in total. The van der Waals surface area contributed by atoms with E-state index in [4.69, 9.17) is 0 Å². The maximum absolute atomic E-state index is 12.8. The van der Waals surface area contributed by atoms with Gasteiger partial charge in [0.15, 0.2) is 0 Å². The Morgan fingerprint density at radius 3 is 2.45 bits per heavy atom. The second kappa shape index (κ2) is 6.04. The first kappa shape index (κ1) is 15.2. The standard InChI is InChI=1S/C15H21F3N2/c1-11(2)19-9-12-5-3-4-6-14(12)20(13-7-8-13)10-15(16,17)18/h3-6,11,13,19H,7-10H2,1-2H3. The molecule has 2 rings (SSSR count). The molecule has 1 fully saturated rings. The minimum Gasteiger partial charge on any atom is -0.359 e. The number of nitrogens with zero attached hydrogens (tertiary/aromatic N) is 1. The fraction of sp³-hybridized carbons (Fsp3) is 0.600. The highest BCUT2D eigenvalue weighted by Crippen LogP contribution is 2.36. The van der Waals surface area contributed by atoms with Crippen molar-refractivity contribution in [2.24, 2.45) is 0 Å². The fourth-order valence-electron chi connectivity index (χ4n) is 2.24. The van der Waals surface area contributed by atoms with E-state index in [-0.39, 0.29) is 6.04 Å². The van der Waals surface area contributed by atoms with Crippen molar-refractivity contribution in [3.8, 4) is 0 Å². The molecule has 1 saturated carbocycles. The van der Waals surface area contributed by atoms with Crippen molar-refractivity contribution >= 4 is 5.69 Å². The Balaban J connectivity index is 2.19. The molecule has 0 aromatic heterocycles. The van der Waals surface area contributed by atoms with Crippen LogP contribution in [-0.2, 0) is 6.54 Å². The molecule has 0 aliphatic heterocycles. The zero-order valence-electron chi connectivity index (χ0n) is 11.9. The molecule has 1 N–H and O–H groups in total. The van der Waals surface area contributed by atoms with Gasteiger partial charge in [0.05, 0.1) is 0 Å². The summed E-state index contributed by atoms with van der Waals surface area (Å²) in [5, 5.41) is 3.27. The summed E-state index contributed by atoms with van der Waals surface area (Å²) in [5.74, 6) is 0. The molecular formula is C15H21F3N2. The molecule has 112 valence electrons. The van der Waals surface area contributed by atoms with E-state index in [2.05, 4.69) is 5.32 Å². The maximum atomic E-state index is 12.8. The van der Waals surface area contributed by atoms with Crippen LogP contribution in [0.2, 0.25) is 0 Å². The van der Waals surface area contributed by atoms with Crippen LogP contribution >= 0.6 is 0 Å². The van der Waals surface area contributed by atoms with E-state index >= 15 is 0 Å². The van der Waals surface area contributed by atoms with Crippen LogP contribution in [0.5, 0.6) is 0 Å². The highest BCUT2D eigenvalue weighted by atomic mass is 19.4. The van der Waals surface area contributed by atoms with Crippen molar-refractivity contribution in [3.05, 3.63) is 29.8 Å². The van der Waals surface area contributed by atoms with Crippen LogP contribution in [0.1, 0.15) is 32.3 Å². The number of hydrogen-bond acceptors (Lipinski definition) is 2. The Morgan fingerprint density at radius 1 is 1.25 bits per heavy atom. The lowest BCUT2D eigenvalue weighted by Gasteiger charge is -2.28. The molecule has 0 bridgehead atoms. The Morgan fingerprint density at radius 2 is 1.90 bits per heavy atom. The van der Waals surface area contributed by atoms with Crippen LogP contribution in [0, 0.1) is 0 Å². The predicted molar refractivity (Wildman–Crippen MR) is 74.8 cm³/mol. The lowest BCUT2D eigenvalue weighted by Crippen LogP contribution is -2.37. The topological polar surface area (TPSA) is 15.3 Å². The fourth-order valence-corrected chi connectivity index (χ4v) is 2.24. The molecular weight excluding hydrogens is 265 g/mol. The molecule has 0 unspecified atom stereocenters. The molecule has 1 aromatic carbocycles. The monoisotopic (exact) mass is 286 g/mol. The van der Waals surface area contributed by atoms with Gasteiger partial charge in [-0.1, -0.05) is 32.0 Å². The predicted octanol–water partition coefficient (Wildman–Crippen LogP) is 3.72. The van der Waals surface area contributed by atoms with Gasteiger partial charge in [-0.2, -0.15) is 13.2 Å². The summed E-state index contributed by atoms with van der Waals surface area (Å²) in [6, 6.07) is 7.72. The molecule has 0 saturated heterocycles. The number of nitrogens with one attached hydrogen (secondary N) is 1. The van der Waals surface area contributed by atoms with Crippen molar-refractivity contribution in [1.82, 2.24) is 5.32 Å². The van der Waals surface area contributed by atoms with Crippen LogP contribution < -0.4 is 10.2 Å².